The third kappa shape index (κ3) is 4.74. The average Bonchev–Trinajstić information content (AvgIpc) is 3.54. The fourth-order valence-electron chi connectivity index (χ4n) is 8.60. The topological polar surface area (TPSA) is 76.7 Å². The Hall–Kier alpha value is -2.57. The number of ether oxygens (including phenoxy) is 2. The highest BCUT2D eigenvalue weighted by Crippen LogP contribution is 2.65. The predicted molar refractivity (Wildman–Crippen MR) is 152 cm³/mol. The van der Waals surface area contributed by atoms with Crippen LogP contribution in [0.1, 0.15) is 70.8 Å². The first-order valence-corrected chi connectivity index (χ1v) is 14.8. The van der Waals surface area contributed by atoms with Gasteiger partial charge in [-0.15, -0.1) is 0 Å². The van der Waals surface area contributed by atoms with Crippen molar-refractivity contribution in [3.8, 4) is 11.5 Å². The molecule has 3 fully saturated rings. The van der Waals surface area contributed by atoms with E-state index in [1.54, 1.807) is 13.3 Å². The lowest BCUT2D eigenvalue weighted by Gasteiger charge is -2.57. The van der Waals surface area contributed by atoms with Gasteiger partial charge in [0, 0.05) is 24.4 Å². The van der Waals surface area contributed by atoms with Crippen LogP contribution in [0.25, 0.3) is 6.08 Å². The molecule has 4 aliphatic carbocycles. The molecule has 1 heterocycles. The Morgan fingerprint density at radius 3 is 2.77 bits per heavy atom. The Kier molecular flexibility index (Phi) is 7.13. The molecule has 0 spiro atoms. The maximum absolute atomic E-state index is 11.6. The van der Waals surface area contributed by atoms with E-state index >= 15 is 0 Å². The Bertz CT molecular complexity index is 1240. The summed E-state index contributed by atoms with van der Waals surface area (Å²) in [6.07, 6.45) is 17.7. The van der Waals surface area contributed by atoms with Gasteiger partial charge in [-0.1, -0.05) is 37.6 Å². The van der Waals surface area contributed by atoms with Crippen molar-refractivity contribution in [3.05, 3.63) is 59.7 Å². The van der Waals surface area contributed by atoms with Gasteiger partial charge in [0.05, 0.1) is 32.3 Å². The summed E-state index contributed by atoms with van der Waals surface area (Å²) in [6.45, 7) is 6.25. The summed E-state index contributed by atoms with van der Waals surface area (Å²) in [5, 5.41) is 22.0. The number of imidazole rings is 1. The van der Waals surface area contributed by atoms with Crippen molar-refractivity contribution in [2.24, 2.45) is 28.6 Å². The van der Waals surface area contributed by atoms with Gasteiger partial charge in [0.25, 0.3) is 0 Å². The van der Waals surface area contributed by atoms with Gasteiger partial charge >= 0.3 is 0 Å². The van der Waals surface area contributed by atoms with Crippen LogP contribution >= 0.6 is 0 Å². The first-order valence-electron chi connectivity index (χ1n) is 14.8. The summed E-state index contributed by atoms with van der Waals surface area (Å²) in [6, 6.07) is 6.09. The molecule has 0 bridgehead atoms. The van der Waals surface area contributed by atoms with E-state index in [1.807, 2.05) is 29.2 Å². The second-order valence-electron chi connectivity index (χ2n) is 12.9. The van der Waals surface area contributed by atoms with Crippen molar-refractivity contribution in [1.29, 1.82) is 0 Å². The minimum Gasteiger partial charge on any atom is -0.493 e. The van der Waals surface area contributed by atoms with Crippen molar-refractivity contribution in [1.82, 2.24) is 9.55 Å². The third-order valence-electron chi connectivity index (χ3n) is 10.9. The van der Waals surface area contributed by atoms with E-state index in [0.29, 0.717) is 24.4 Å². The maximum Gasteiger partial charge on any atom is 0.161 e. The Morgan fingerprint density at radius 1 is 1.10 bits per heavy atom. The standard InChI is InChI=1S/C33H44N2O4/c1-32-11-9-25(36)20-24(32)6-7-26-27(32)10-12-33(2)28(26)19-23(31(33)37)17-22-5-8-29(30(18-22)38-3)39-16-4-14-35-15-13-34-21-35/h5-6,8,13,15,17-18,21,25-28,31,36-37H,4,7,9-12,14,16,19-20H2,1-3H3/b23-17+/t25-,26+,27-,28-,31-,32-,33-/m0/s1. The van der Waals surface area contributed by atoms with Gasteiger partial charge in [0.1, 0.15) is 0 Å². The number of aliphatic hydroxyl groups excluding tert-OH is 2. The monoisotopic (exact) mass is 532 g/mol. The van der Waals surface area contributed by atoms with Crippen molar-refractivity contribution >= 4 is 6.08 Å². The van der Waals surface area contributed by atoms with Crippen LogP contribution in [0.15, 0.2) is 54.1 Å². The van der Waals surface area contributed by atoms with Gasteiger partial charge in [-0.05, 0) is 97.8 Å². The van der Waals surface area contributed by atoms with Crippen LogP contribution in [0.4, 0.5) is 0 Å². The van der Waals surface area contributed by atoms with E-state index in [9.17, 15) is 10.2 Å². The number of hydrogen-bond acceptors (Lipinski definition) is 5. The van der Waals surface area contributed by atoms with Crippen LogP contribution in [0, 0.1) is 28.6 Å². The van der Waals surface area contributed by atoms with E-state index in [2.05, 4.69) is 37.0 Å². The molecule has 6 heteroatoms. The molecule has 6 nitrogen and oxygen atoms in total. The minimum absolute atomic E-state index is 0.0781. The van der Waals surface area contributed by atoms with Gasteiger partial charge in [0.2, 0.25) is 0 Å². The third-order valence-corrected chi connectivity index (χ3v) is 10.9. The lowest BCUT2D eigenvalue weighted by molar-refractivity contribution is -0.0685. The molecule has 0 aliphatic heterocycles. The summed E-state index contributed by atoms with van der Waals surface area (Å²) in [5.41, 5.74) is 3.83. The first kappa shape index (κ1) is 26.6. The number of aromatic nitrogens is 2. The number of benzene rings is 1. The van der Waals surface area contributed by atoms with Crippen LogP contribution in [0.2, 0.25) is 0 Å². The molecule has 3 saturated carbocycles. The van der Waals surface area contributed by atoms with Crippen molar-refractivity contribution < 1.29 is 19.7 Å². The SMILES string of the molecule is COc1cc(/C=C2\C[C@H]3[C@@H]4CC=C5C[C@@H](O)CC[C@]5(C)[C@H]4CC[C@]3(C)[C@H]2O)ccc1OCCCn1ccnc1. The summed E-state index contributed by atoms with van der Waals surface area (Å²) in [7, 11) is 1.68. The second kappa shape index (κ2) is 10.4. The summed E-state index contributed by atoms with van der Waals surface area (Å²) in [4.78, 5) is 4.08. The smallest absolute Gasteiger partial charge is 0.161 e. The lowest BCUT2D eigenvalue weighted by atomic mass is 9.48. The molecule has 1 aromatic heterocycles. The molecule has 2 aromatic rings. The molecule has 6 rings (SSSR count). The summed E-state index contributed by atoms with van der Waals surface area (Å²) < 4.78 is 13.8. The van der Waals surface area contributed by atoms with Crippen LogP contribution in [0.5, 0.6) is 11.5 Å². The first-order chi connectivity index (χ1) is 18.8. The van der Waals surface area contributed by atoms with Gasteiger partial charge in [-0.3, -0.25) is 0 Å². The Labute approximate surface area is 232 Å². The van der Waals surface area contributed by atoms with Crippen molar-refractivity contribution in [3.63, 3.8) is 0 Å². The normalized spacial score (nSPS) is 36.6. The van der Waals surface area contributed by atoms with E-state index in [1.165, 1.54) is 12.0 Å². The number of aryl methyl sites for hydroxylation is 1. The number of rotatable bonds is 7. The largest absolute Gasteiger partial charge is 0.493 e. The fourth-order valence-corrected chi connectivity index (χ4v) is 8.60. The highest BCUT2D eigenvalue weighted by molar-refractivity contribution is 5.60. The second-order valence-corrected chi connectivity index (χ2v) is 12.9. The molecule has 0 saturated heterocycles. The van der Waals surface area contributed by atoms with E-state index < -0.39 is 6.10 Å². The molecule has 39 heavy (non-hydrogen) atoms. The van der Waals surface area contributed by atoms with Gasteiger partial charge in [-0.2, -0.15) is 0 Å². The molecule has 2 N–H and O–H groups in total. The molecular formula is C33H44N2O4. The van der Waals surface area contributed by atoms with Crippen molar-refractivity contribution in [2.75, 3.05) is 13.7 Å². The van der Waals surface area contributed by atoms with Crippen LogP contribution in [0.3, 0.4) is 0 Å². The molecule has 7 atom stereocenters. The molecule has 210 valence electrons. The van der Waals surface area contributed by atoms with Gasteiger partial charge in [-0.25, -0.2) is 4.98 Å². The number of nitrogens with zero attached hydrogens (tertiary/aromatic N) is 2. The Morgan fingerprint density at radius 2 is 1.97 bits per heavy atom. The highest BCUT2D eigenvalue weighted by atomic mass is 16.5. The molecule has 4 aliphatic rings. The number of hydrogen-bond donors (Lipinski definition) is 2. The maximum atomic E-state index is 11.6. The number of aliphatic hydroxyl groups is 2. The lowest BCUT2D eigenvalue weighted by Crippen LogP contribution is -2.51. The number of allylic oxidation sites excluding steroid dienone is 1. The number of fused-ring (bicyclic) bond motifs is 5. The van der Waals surface area contributed by atoms with Crippen LogP contribution in [-0.4, -0.2) is 45.7 Å². The van der Waals surface area contributed by atoms with E-state index in [0.717, 1.165) is 74.1 Å². The zero-order valence-corrected chi connectivity index (χ0v) is 23.7. The highest BCUT2D eigenvalue weighted by Gasteiger charge is 2.59. The van der Waals surface area contributed by atoms with E-state index in [-0.39, 0.29) is 16.9 Å². The molecule has 0 radical (unpaired) electrons. The molecule has 0 amide bonds. The fraction of sp³-hybridized carbons (Fsp3) is 0.606. The number of methoxy groups -OCH3 is 1. The van der Waals surface area contributed by atoms with Gasteiger partial charge in [0.15, 0.2) is 11.5 Å². The summed E-state index contributed by atoms with van der Waals surface area (Å²) in [5.74, 6) is 3.21. The molecule has 0 unspecified atom stereocenters. The zero-order valence-electron chi connectivity index (χ0n) is 23.7. The predicted octanol–water partition coefficient (Wildman–Crippen LogP) is 6.04. The van der Waals surface area contributed by atoms with E-state index in [4.69, 9.17) is 9.47 Å². The van der Waals surface area contributed by atoms with Crippen LogP contribution in [-0.2, 0) is 6.54 Å². The Balaban J connectivity index is 1.17. The summed E-state index contributed by atoms with van der Waals surface area (Å²) >= 11 is 0. The molecular weight excluding hydrogens is 488 g/mol. The zero-order chi connectivity index (χ0) is 27.2. The quantitative estimate of drug-likeness (QED) is 0.336. The minimum atomic E-state index is -0.417. The van der Waals surface area contributed by atoms with Crippen LogP contribution < -0.4 is 9.47 Å². The molecule has 1 aromatic carbocycles. The van der Waals surface area contributed by atoms with Gasteiger partial charge < -0.3 is 24.3 Å². The average molecular weight is 533 g/mol. The van der Waals surface area contributed by atoms with Crippen molar-refractivity contribution in [2.45, 2.75) is 84.0 Å².